The van der Waals surface area contributed by atoms with E-state index in [2.05, 4.69) is 15.6 Å². The molecule has 0 radical (unpaired) electrons. The molecule has 6 heteroatoms. The summed E-state index contributed by atoms with van der Waals surface area (Å²) in [5.41, 5.74) is -0.0172. The summed E-state index contributed by atoms with van der Waals surface area (Å²) < 4.78 is 13.8. The van der Waals surface area contributed by atoms with Gasteiger partial charge in [-0.2, -0.15) is 0 Å². The Hall–Kier alpha value is -1.95. The summed E-state index contributed by atoms with van der Waals surface area (Å²) in [7, 11) is 0. The molecular formula is C13H12FN3OS. The number of hydrogen-bond acceptors (Lipinski definition) is 3. The number of urea groups is 1. The molecule has 1 heterocycles. The quantitative estimate of drug-likeness (QED) is 0.905. The highest BCUT2D eigenvalue weighted by Crippen LogP contribution is 2.46. The number of hydrogen-bond donors (Lipinski definition) is 2. The lowest BCUT2D eigenvalue weighted by Crippen LogP contribution is -2.38. The van der Waals surface area contributed by atoms with Crippen LogP contribution in [0.3, 0.4) is 0 Å². The molecule has 1 aliphatic carbocycles. The summed E-state index contributed by atoms with van der Waals surface area (Å²) in [6, 6.07) is 6.20. The van der Waals surface area contributed by atoms with Gasteiger partial charge >= 0.3 is 6.03 Å². The summed E-state index contributed by atoms with van der Waals surface area (Å²) in [5, 5.41) is 7.79. The molecule has 1 aromatic heterocycles. The van der Waals surface area contributed by atoms with Crippen molar-refractivity contribution >= 4 is 22.5 Å². The maximum Gasteiger partial charge on any atom is 0.321 e. The molecule has 0 spiro atoms. The molecule has 1 aromatic carbocycles. The number of anilines is 1. The first kappa shape index (κ1) is 12.1. The topological polar surface area (TPSA) is 54.0 Å². The zero-order chi connectivity index (χ0) is 13.3. The van der Waals surface area contributed by atoms with Crippen molar-refractivity contribution in [2.75, 3.05) is 5.32 Å². The number of thiazole rings is 1. The van der Waals surface area contributed by atoms with Gasteiger partial charge < -0.3 is 5.32 Å². The third-order valence-electron chi connectivity index (χ3n) is 3.15. The maximum atomic E-state index is 13.8. The highest BCUT2D eigenvalue weighted by atomic mass is 32.1. The van der Waals surface area contributed by atoms with E-state index in [9.17, 15) is 9.18 Å². The molecule has 2 aromatic rings. The van der Waals surface area contributed by atoms with Crippen LogP contribution in [-0.2, 0) is 5.54 Å². The van der Waals surface area contributed by atoms with Gasteiger partial charge in [0.05, 0.1) is 5.54 Å². The smallest absolute Gasteiger partial charge is 0.321 e. The monoisotopic (exact) mass is 277 g/mol. The van der Waals surface area contributed by atoms with Crippen LogP contribution in [0.15, 0.2) is 35.8 Å². The average Bonchev–Trinajstić information content (AvgIpc) is 2.97. The second-order valence-electron chi connectivity index (χ2n) is 4.48. The Labute approximate surface area is 113 Å². The fourth-order valence-corrected chi connectivity index (χ4v) is 2.59. The first-order valence-electron chi connectivity index (χ1n) is 5.93. The van der Waals surface area contributed by atoms with Gasteiger partial charge in [0.25, 0.3) is 0 Å². The van der Waals surface area contributed by atoms with Gasteiger partial charge in [-0.3, -0.25) is 5.32 Å². The van der Waals surface area contributed by atoms with Crippen molar-refractivity contribution in [3.63, 3.8) is 0 Å². The van der Waals surface area contributed by atoms with Crippen LogP contribution in [0.2, 0.25) is 0 Å². The third-order valence-corrected chi connectivity index (χ3v) is 3.83. The van der Waals surface area contributed by atoms with Crippen LogP contribution >= 0.6 is 11.3 Å². The highest BCUT2D eigenvalue weighted by Gasteiger charge is 2.47. The van der Waals surface area contributed by atoms with E-state index in [0.717, 1.165) is 12.8 Å². The van der Waals surface area contributed by atoms with E-state index in [0.29, 0.717) is 10.7 Å². The lowest BCUT2D eigenvalue weighted by atomic mass is 10.0. The van der Waals surface area contributed by atoms with Gasteiger partial charge in [0.1, 0.15) is 5.82 Å². The molecule has 98 valence electrons. The van der Waals surface area contributed by atoms with Gasteiger partial charge in [0.2, 0.25) is 0 Å². The van der Waals surface area contributed by atoms with Gasteiger partial charge in [0, 0.05) is 17.1 Å². The Bertz CT molecular complexity index is 596. The normalized spacial score (nSPS) is 15.8. The van der Waals surface area contributed by atoms with Gasteiger partial charge in [-0.1, -0.05) is 18.2 Å². The molecule has 4 nitrogen and oxygen atoms in total. The number of rotatable bonds is 3. The van der Waals surface area contributed by atoms with Gasteiger partial charge in [0.15, 0.2) is 5.13 Å². The molecule has 1 aliphatic rings. The number of nitrogens with one attached hydrogen (secondary N) is 2. The third kappa shape index (κ3) is 2.44. The predicted molar refractivity (Wildman–Crippen MR) is 71.6 cm³/mol. The number of carbonyl (C=O) groups excluding carboxylic acids is 1. The molecule has 0 aliphatic heterocycles. The zero-order valence-electron chi connectivity index (χ0n) is 10.0. The molecule has 1 fully saturated rings. The summed E-state index contributed by atoms with van der Waals surface area (Å²) in [4.78, 5) is 15.8. The van der Waals surface area contributed by atoms with Crippen LogP contribution in [0.5, 0.6) is 0 Å². The Kier molecular flexibility index (Phi) is 2.94. The molecule has 0 bridgehead atoms. The van der Waals surface area contributed by atoms with Crippen LogP contribution in [0.4, 0.5) is 14.3 Å². The first-order chi connectivity index (χ1) is 9.20. The number of carbonyl (C=O) groups is 1. The molecule has 1 saturated carbocycles. The fraction of sp³-hybridized carbons (Fsp3) is 0.231. The van der Waals surface area contributed by atoms with Crippen LogP contribution in [-0.4, -0.2) is 11.0 Å². The van der Waals surface area contributed by atoms with Crippen molar-refractivity contribution in [1.82, 2.24) is 10.3 Å². The Balaban J connectivity index is 1.73. The van der Waals surface area contributed by atoms with Crippen molar-refractivity contribution in [3.05, 3.63) is 47.2 Å². The molecule has 0 unspecified atom stereocenters. The van der Waals surface area contributed by atoms with E-state index in [1.54, 1.807) is 29.8 Å². The van der Waals surface area contributed by atoms with E-state index < -0.39 is 5.54 Å². The van der Waals surface area contributed by atoms with Crippen LogP contribution in [0, 0.1) is 5.82 Å². The Morgan fingerprint density at radius 1 is 1.37 bits per heavy atom. The average molecular weight is 277 g/mol. The van der Waals surface area contributed by atoms with Gasteiger partial charge in [-0.25, -0.2) is 14.2 Å². The standard InChI is InChI=1S/C13H12FN3OS/c14-10-4-2-1-3-9(10)13(5-6-13)17-11(18)16-12-15-7-8-19-12/h1-4,7-8H,5-6H2,(H2,15,16,17,18). The van der Waals surface area contributed by atoms with E-state index in [4.69, 9.17) is 0 Å². The second-order valence-corrected chi connectivity index (χ2v) is 5.37. The second kappa shape index (κ2) is 4.62. The summed E-state index contributed by atoms with van der Waals surface area (Å²) >= 11 is 1.34. The summed E-state index contributed by atoms with van der Waals surface area (Å²) in [5.74, 6) is -0.283. The lowest BCUT2D eigenvalue weighted by Gasteiger charge is -2.18. The molecule has 3 rings (SSSR count). The van der Waals surface area contributed by atoms with Gasteiger partial charge in [-0.05, 0) is 18.9 Å². The molecule has 0 saturated heterocycles. The van der Waals surface area contributed by atoms with Gasteiger partial charge in [-0.15, -0.1) is 11.3 Å². The largest absolute Gasteiger partial charge is 0.328 e. The number of halogens is 1. The van der Waals surface area contributed by atoms with Crippen molar-refractivity contribution in [3.8, 4) is 0 Å². The summed E-state index contributed by atoms with van der Waals surface area (Å²) in [6.07, 6.45) is 3.11. The minimum absolute atomic E-state index is 0.283. The summed E-state index contributed by atoms with van der Waals surface area (Å²) in [6.45, 7) is 0. The van der Waals surface area contributed by atoms with Crippen molar-refractivity contribution in [2.24, 2.45) is 0 Å². The van der Waals surface area contributed by atoms with E-state index in [1.165, 1.54) is 17.4 Å². The van der Waals surface area contributed by atoms with E-state index in [-0.39, 0.29) is 11.8 Å². The SMILES string of the molecule is O=C(Nc1nccs1)NC1(c2ccccc2F)CC1. The maximum absolute atomic E-state index is 13.8. The van der Waals surface area contributed by atoms with Crippen molar-refractivity contribution in [1.29, 1.82) is 0 Å². The molecule has 2 N–H and O–H groups in total. The zero-order valence-corrected chi connectivity index (χ0v) is 10.8. The fourth-order valence-electron chi connectivity index (χ4n) is 2.07. The molecular weight excluding hydrogens is 265 g/mol. The minimum atomic E-state index is -0.563. The van der Waals surface area contributed by atoms with Crippen LogP contribution in [0.1, 0.15) is 18.4 Å². The minimum Gasteiger partial charge on any atom is -0.328 e. The van der Waals surface area contributed by atoms with Crippen LogP contribution in [0.25, 0.3) is 0 Å². The van der Waals surface area contributed by atoms with Crippen molar-refractivity contribution in [2.45, 2.75) is 18.4 Å². The van der Waals surface area contributed by atoms with Crippen molar-refractivity contribution < 1.29 is 9.18 Å². The predicted octanol–water partition coefficient (Wildman–Crippen LogP) is 3.09. The Morgan fingerprint density at radius 3 is 2.79 bits per heavy atom. The van der Waals surface area contributed by atoms with E-state index in [1.807, 2.05) is 0 Å². The van der Waals surface area contributed by atoms with Crippen LogP contribution < -0.4 is 10.6 Å². The Morgan fingerprint density at radius 2 is 2.16 bits per heavy atom. The highest BCUT2D eigenvalue weighted by molar-refractivity contribution is 7.13. The van der Waals surface area contributed by atoms with E-state index >= 15 is 0 Å². The number of benzene rings is 1. The molecule has 0 atom stereocenters. The molecule has 19 heavy (non-hydrogen) atoms. The number of amides is 2. The number of aromatic nitrogens is 1. The lowest BCUT2D eigenvalue weighted by molar-refractivity contribution is 0.247. The molecule has 2 amide bonds. The number of nitrogens with zero attached hydrogens (tertiary/aromatic N) is 1. The first-order valence-corrected chi connectivity index (χ1v) is 6.81.